The number of rotatable bonds is 2. The Balaban J connectivity index is 1.44. The Bertz CT molecular complexity index is 688. The van der Waals surface area contributed by atoms with E-state index in [-0.39, 0.29) is 17.5 Å². The SMILES string of the molecule is Cc1cccc(CN2C(=O)CCC23CCN(C(=O)N2CCCC2)CC3)c1. The molecular weight excluding hydrogens is 326 g/mol. The number of urea groups is 1. The van der Waals surface area contributed by atoms with Gasteiger partial charge < -0.3 is 14.7 Å². The molecule has 0 atom stereocenters. The first-order chi connectivity index (χ1) is 12.6. The normalized spacial score (nSPS) is 22.5. The van der Waals surface area contributed by atoms with Crippen LogP contribution in [0.3, 0.4) is 0 Å². The average Bonchev–Trinajstić information content (AvgIpc) is 3.27. The molecule has 3 saturated heterocycles. The van der Waals surface area contributed by atoms with Crippen molar-refractivity contribution in [3.63, 3.8) is 0 Å². The lowest BCUT2D eigenvalue weighted by Gasteiger charge is -2.45. The number of carbonyl (C=O) groups excluding carboxylic acids is 2. The van der Waals surface area contributed by atoms with Crippen molar-refractivity contribution in [3.05, 3.63) is 35.4 Å². The molecule has 0 radical (unpaired) electrons. The summed E-state index contributed by atoms with van der Waals surface area (Å²) in [6, 6.07) is 8.64. The maximum absolute atomic E-state index is 12.6. The second-order valence-corrected chi connectivity index (χ2v) is 8.16. The van der Waals surface area contributed by atoms with Crippen LogP contribution in [0.2, 0.25) is 0 Å². The first kappa shape index (κ1) is 17.4. The van der Waals surface area contributed by atoms with Gasteiger partial charge in [0.25, 0.3) is 0 Å². The molecule has 1 aromatic carbocycles. The van der Waals surface area contributed by atoms with Gasteiger partial charge in [-0.3, -0.25) is 4.79 Å². The number of benzene rings is 1. The Morgan fingerprint density at radius 3 is 2.42 bits per heavy atom. The minimum absolute atomic E-state index is 0.0530. The smallest absolute Gasteiger partial charge is 0.320 e. The molecule has 0 aliphatic carbocycles. The first-order valence-corrected chi connectivity index (χ1v) is 9.97. The molecule has 1 aromatic rings. The van der Waals surface area contributed by atoms with E-state index < -0.39 is 0 Å². The van der Waals surface area contributed by atoms with Crippen LogP contribution in [0.25, 0.3) is 0 Å². The third-order valence-electron chi connectivity index (χ3n) is 6.44. The third-order valence-corrected chi connectivity index (χ3v) is 6.44. The highest BCUT2D eigenvalue weighted by molar-refractivity contribution is 5.80. The predicted octanol–water partition coefficient (Wildman–Crippen LogP) is 3.17. The van der Waals surface area contributed by atoms with E-state index in [0.717, 1.165) is 58.3 Å². The van der Waals surface area contributed by atoms with Crippen molar-refractivity contribution < 1.29 is 9.59 Å². The van der Waals surface area contributed by atoms with Crippen molar-refractivity contribution in [1.29, 1.82) is 0 Å². The van der Waals surface area contributed by atoms with Gasteiger partial charge >= 0.3 is 6.03 Å². The number of nitrogens with zero attached hydrogens (tertiary/aromatic N) is 3. The van der Waals surface area contributed by atoms with Crippen LogP contribution < -0.4 is 0 Å². The van der Waals surface area contributed by atoms with Crippen LogP contribution in [0.15, 0.2) is 24.3 Å². The van der Waals surface area contributed by atoms with Crippen molar-refractivity contribution in [2.24, 2.45) is 0 Å². The Morgan fingerprint density at radius 2 is 1.73 bits per heavy atom. The molecule has 0 saturated carbocycles. The van der Waals surface area contributed by atoms with Crippen molar-refractivity contribution >= 4 is 11.9 Å². The van der Waals surface area contributed by atoms with Gasteiger partial charge in [0.15, 0.2) is 0 Å². The second-order valence-electron chi connectivity index (χ2n) is 8.16. The van der Waals surface area contributed by atoms with Crippen LogP contribution in [0, 0.1) is 6.92 Å². The maximum atomic E-state index is 12.6. The topological polar surface area (TPSA) is 43.9 Å². The van der Waals surface area contributed by atoms with Crippen LogP contribution in [-0.2, 0) is 11.3 Å². The zero-order chi connectivity index (χ0) is 18.1. The number of hydrogen-bond donors (Lipinski definition) is 0. The summed E-state index contributed by atoms with van der Waals surface area (Å²) in [4.78, 5) is 31.4. The molecule has 3 heterocycles. The van der Waals surface area contributed by atoms with Crippen LogP contribution >= 0.6 is 0 Å². The van der Waals surface area contributed by atoms with E-state index in [2.05, 4.69) is 36.1 Å². The molecule has 3 aliphatic heterocycles. The summed E-state index contributed by atoms with van der Waals surface area (Å²) in [6.45, 7) is 6.13. The number of aryl methyl sites for hydroxylation is 1. The fourth-order valence-electron chi connectivity index (χ4n) is 4.87. The van der Waals surface area contributed by atoms with Gasteiger partial charge in [-0.1, -0.05) is 29.8 Å². The minimum atomic E-state index is -0.0530. The molecule has 5 nitrogen and oxygen atoms in total. The first-order valence-electron chi connectivity index (χ1n) is 9.97. The van der Waals surface area contributed by atoms with Crippen molar-refractivity contribution in [3.8, 4) is 0 Å². The number of piperidine rings is 1. The van der Waals surface area contributed by atoms with Gasteiger partial charge in [-0.05, 0) is 44.6 Å². The number of hydrogen-bond acceptors (Lipinski definition) is 2. The zero-order valence-electron chi connectivity index (χ0n) is 15.7. The standard InChI is InChI=1S/C21H29N3O2/c1-17-5-4-6-18(15-17)16-24-19(25)7-8-21(24)9-13-23(14-10-21)20(26)22-11-2-3-12-22/h4-6,15H,2-3,7-14,16H2,1H3. The number of amides is 3. The van der Waals surface area contributed by atoms with E-state index in [1.165, 1.54) is 11.1 Å². The zero-order valence-corrected chi connectivity index (χ0v) is 15.7. The Labute approximate surface area is 155 Å². The third kappa shape index (κ3) is 3.19. The molecule has 0 unspecified atom stereocenters. The Kier molecular flexibility index (Phi) is 4.63. The monoisotopic (exact) mass is 355 g/mol. The predicted molar refractivity (Wildman–Crippen MR) is 101 cm³/mol. The molecule has 5 heteroatoms. The number of likely N-dealkylation sites (tertiary alicyclic amines) is 3. The molecule has 0 N–H and O–H groups in total. The van der Waals surface area contributed by atoms with Gasteiger partial charge in [-0.2, -0.15) is 0 Å². The maximum Gasteiger partial charge on any atom is 0.320 e. The van der Waals surface area contributed by atoms with Gasteiger partial charge in [-0.25, -0.2) is 4.79 Å². The lowest BCUT2D eigenvalue weighted by molar-refractivity contribution is -0.133. The Hall–Kier alpha value is -2.04. The molecule has 4 rings (SSSR count). The summed E-state index contributed by atoms with van der Waals surface area (Å²) in [7, 11) is 0. The molecule has 1 spiro atoms. The fraction of sp³-hybridized carbons (Fsp3) is 0.619. The summed E-state index contributed by atoms with van der Waals surface area (Å²) in [6.07, 6.45) is 5.65. The van der Waals surface area contributed by atoms with Gasteiger partial charge in [0.2, 0.25) is 5.91 Å². The number of carbonyl (C=O) groups is 2. The molecular formula is C21H29N3O2. The lowest BCUT2D eigenvalue weighted by Crippen LogP contribution is -2.55. The van der Waals surface area contributed by atoms with Crippen molar-refractivity contribution in [2.45, 2.75) is 57.5 Å². The molecule has 140 valence electrons. The summed E-state index contributed by atoms with van der Waals surface area (Å²) < 4.78 is 0. The molecule has 0 aromatic heterocycles. The van der Waals surface area contributed by atoms with Crippen LogP contribution in [0.1, 0.15) is 49.7 Å². The molecule has 0 bridgehead atoms. The van der Waals surface area contributed by atoms with Gasteiger partial charge in [0.1, 0.15) is 0 Å². The average molecular weight is 355 g/mol. The summed E-state index contributed by atoms with van der Waals surface area (Å²) in [5.74, 6) is 0.269. The fourth-order valence-corrected chi connectivity index (χ4v) is 4.87. The summed E-state index contributed by atoms with van der Waals surface area (Å²) in [5, 5.41) is 0. The minimum Gasteiger partial charge on any atom is -0.333 e. The molecule has 3 fully saturated rings. The largest absolute Gasteiger partial charge is 0.333 e. The van der Waals surface area contributed by atoms with Crippen LogP contribution in [-0.4, -0.2) is 58.4 Å². The lowest BCUT2D eigenvalue weighted by atomic mass is 9.84. The molecule has 26 heavy (non-hydrogen) atoms. The van der Waals surface area contributed by atoms with E-state index >= 15 is 0 Å². The van der Waals surface area contributed by atoms with E-state index in [4.69, 9.17) is 0 Å². The molecule has 3 amide bonds. The van der Waals surface area contributed by atoms with E-state index in [1.54, 1.807) is 0 Å². The van der Waals surface area contributed by atoms with E-state index in [9.17, 15) is 9.59 Å². The Morgan fingerprint density at radius 1 is 1.04 bits per heavy atom. The van der Waals surface area contributed by atoms with Gasteiger partial charge in [0, 0.05) is 44.7 Å². The van der Waals surface area contributed by atoms with Crippen molar-refractivity contribution in [2.75, 3.05) is 26.2 Å². The van der Waals surface area contributed by atoms with Crippen molar-refractivity contribution in [1.82, 2.24) is 14.7 Å². The quantitative estimate of drug-likeness (QED) is 0.818. The summed E-state index contributed by atoms with van der Waals surface area (Å²) >= 11 is 0. The highest BCUT2D eigenvalue weighted by atomic mass is 16.2. The van der Waals surface area contributed by atoms with Gasteiger partial charge in [-0.15, -0.1) is 0 Å². The highest BCUT2D eigenvalue weighted by Gasteiger charge is 2.47. The second kappa shape index (κ2) is 6.93. The summed E-state index contributed by atoms with van der Waals surface area (Å²) in [5.41, 5.74) is 2.38. The van der Waals surface area contributed by atoms with E-state index in [0.29, 0.717) is 13.0 Å². The van der Waals surface area contributed by atoms with Crippen LogP contribution in [0.4, 0.5) is 4.79 Å². The van der Waals surface area contributed by atoms with Crippen LogP contribution in [0.5, 0.6) is 0 Å². The van der Waals surface area contributed by atoms with Gasteiger partial charge in [0.05, 0.1) is 0 Å². The highest BCUT2D eigenvalue weighted by Crippen LogP contribution is 2.40. The molecule has 3 aliphatic rings. The van der Waals surface area contributed by atoms with E-state index in [1.807, 2.05) is 9.80 Å².